The molecule has 5 heteroatoms. The quantitative estimate of drug-likeness (QED) is 0.943. The van der Waals surface area contributed by atoms with Crippen LogP contribution < -0.4 is 4.74 Å². The third-order valence-electron chi connectivity index (χ3n) is 2.03. The van der Waals surface area contributed by atoms with Gasteiger partial charge in [-0.25, -0.2) is 9.78 Å². The molecule has 0 saturated carbocycles. The zero-order valence-electron chi connectivity index (χ0n) is 8.63. The van der Waals surface area contributed by atoms with Crippen molar-refractivity contribution in [2.45, 2.75) is 0 Å². The van der Waals surface area contributed by atoms with Crippen molar-refractivity contribution in [3.05, 3.63) is 52.6 Å². The van der Waals surface area contributed by atoms with Crippen LogP contribution in [0.4, 0.5) is 0 Å². The van der Waals surface area contributed by atoms with E-state index in [0.717, 1.165) is 4.47 Å². The molecule has 0 saturated heterocycles. The smallest absolute Gasteiger partial charge is 0.341 e. The molecule has 1 N–H and O–H groups in total. The average Bonchev–Trinajstić information content (AvgIpc) is 2.32. The Bertz CT molecular complexity index is 540. The summed E-state index contributed by atoms with van der Waals surface area (Å²) in [6, 6.07) is 10.1. The molecule has 0 atom stereocenters. The first kappa shape index (κ1) is 11.6. The molecule has 17 heavy (non-hydrogen) atoms. The molecular weight excluding hydrogens is 286 g/mol. The van der Waals surface area contributed by atoms with E-state index < -0.39 is 5.97 Å². The van der Waals surface area contributed by atoms with Crippen LogP contribution in [0.2, 0.25) is 0 Å². The number of hydrogen-bond donors (Lipinski definition) is 1. The van der Waals surface area contributed by atoms with Crippen LogP contribution in [0.5, 0.6) is 11.6 Å². The Balaban J connectivity index is 2.30. The van der Waals surface area contributed by atoms with Crippen LogP contribution in [0, 0.1) is 0 Å². The van der Waals surface area contributed by atoms with Crippen molar-refractivity contribution in [3.63, 3.8) is 0 Å². The summed E-state index contributed by atoms with van der Waals surface area (Å²) in [5.74, 6) is -0.443. The molecule has 0 aliphatic heterocycles. The van der Waals surface area contributed by atoms with Gasteiger partial charge in [0.1, 0.15) is 11.3 Å². The van der Waals surface area contributed by atoms with Gasteiger partial charge in [0.2, 0.25) is 5.88 Å². The fourth-order valence-corrected chi connectivity index (χ4v) is 1.51. The highest BCUT2D eigenvalue weighted by molar-refractivity contribution is 9.10. The normalized spacial score (nSPS) is 9.94. The second kappa shape index (κ2) is 4.97. The summed E-state index contributed by atoms with van der Waals surface area (Å²) in [6.45, 7) is 0. The number of halogens is 1. The number of aromatic carboxylic acids is 1. The van der Waals surface area contributed by atoms with Gasteiger partial charge < -0.3 is 9.84 Å². The van der Waals surface area contributed by atoms with Gasteiger partial charge in [0.15, 0.2) is 0 Å². The number of rotatable bonds is 3. The summed E-state index contributed by atoms with van der Waals surface area (Å²) in [4.78, 5) is 14.8. The van der Waals surface area contributed by atoms with E-state index >= 15 is 0 Å². The largest absolute Gasteiger partial charge is 0.477 e. The Morgan fingerprint density at radius 1 is 1.24 bits per heavy atom. The van der Waals surface area contributed by atoms with Gasteiger partial charge >= 0.3 is 5.97 Å². The Labute approximate surface area is 106 Å². The first-order valence-electron chi connectivity index (χ1n) is 4.78. The standard InChI is InChI=1S/C12H8BrNO3/c13-8-3-5-9(6-4-8)17-11-10(12(15)16)2-1-7-14-11/h1-7H,(H,15,16). The molecule has 1 heterocycles. The maximum absolute atomic E-state index is 10.9. The summed E-state index contributed by atoms with van der Waals surface area (Å²) in [7, 11) is 0. The number of carbonyl (C=O) groups is 1. The Kier molecular flexibility index (Phi) is 3.39. The number of carboxylic acid groups (broad SMARTS) is 1. The second-order valence-electron chi connectivity index (χ2n) is 3.22. The van der Waals surface area contributed by atoms with E-state index in [-0.39, 0.29) is 11.4 Å². The molecular formula is C12H8BrNO3. The minimum Gasteiger partial charge on any atom is -0.477 e. The summed E-state index contributed by atoms with van der Waals surface area (Å²) in [5, 5.41) is 8.96. The van der Waals surface area contributed by atoms with Crippen LogP contribution in [0.25, 0.3) is 0 Å². The predicted molar refractivity (Wildman–Crippen MR) is 65.4 cm³/mol. The molecule has 0 aliphatic rings. The van der Waals surface area contributed by atoms with E-state index in [1.54, 1.807) is 30.3 Å². The molecule has 4 nitrogen and oxygen atoms in total. The van der Waals surface area contributed by atoms with Crippen LogP contribution in [-0.2, 0) is 0 Å². The van der Waals surface area contributed by atoms with E-state index in [1.165, 1.54) is 12.3 Å². The molecule has 1 aromatic heterocycles. The number of benzene rings is 1. The zero-order valence-corrected chi connectivity index (χ0v) is 10.2. The number of nitrogens with zero attached hydrogens (tertiary/aromatic N) is 1. The lowest BCUT2D eigenvalue weighted by molar-refractivity contribution is 0.0693. The average molecular weight is 294 g/mol. The topological polar surface area (TPSA) is 59.4 Å². The second-order valence-corrected chi connectivity index (χ2v) is 4.13. The fourth-order valence-electron chi connectivity index (χ4n) is 1.25. The number of hydrogen-bond acceptors (Lipinski definition) is 3. The fraction of sp³-hybridized carbons (Fsp3) is 0. The highest BCUT2D eigenvalue weighted by Crippen LogP contribution is 2.24. The molecule has 0 fully saturated rings. The molecule has 0 spiro atoms. The Morgan fingerprint density at radius 3 is 2.59 bits per heavy atom. The maximum atomic E-state index is 10.9. The molecule has 86 valence electrons. The lowest BCUT2D eigenvalue weighted by Gasteiger charge is -2.06. The highest BCUT2D eigenvalue weighted by atomic mass is 79.9. The van der Waals surface area contributed by atoms with E-state index in [4.69, 9.17) is 9.84 Å². The number of ether oxygens (including phenoxy) is 1. The lowest BCUT2D eigenvalue weighted by Crippen LogP contribution is -2.01. The van der Waals surface area contributed by atoms with Crippen molar-refractivity contribution in [1.82, 2.24) is 4.98 Å². The van der Waals surface area contributed by atoms with Crippen LogP contribution in [-0.4, -0.2) is 16.1 Å². The van der Waals surface area contributed by atoms with Gasteiger partial charge in [-0.3, -0.25) is 0 Å². The number of pyridine rings is 1. The summed E-state index contributed by atoms with van der Waals surface area (Å²) < 4.78 is 6.33. The molecule has 0 amide bonds. The molecule has 0 radical (unpaired) electrons. The molecule has 0 bridgehead atoms. The summed E-state index contributed by atoms with van der Waals surface area (Å²) in [5.41, 5.74) is 0.0374. The minimum absolute atomic E-state index is 0.0374. The molecule has 2 rings (SSSR count). The molecule has 0 aliphatic carbocycles. The zero-order chi connectivity index (χ0) is 12.3. The SMILES string of the molecule is O=C(O)c1cccnc1Oc1ccc(Br)cc1. The van der Waals surface area contributed by atoms with Crippen molar-refractivity contribution in [2.24, 2.45) is 0 Å². The lowest BCUT2D eigenvalue weighted by atomic mass is 10.3. The Hall–Kier alpha value is -1.88. The van der Waals surface area contributed by atoms with Crippen molar-refractivity contribution >= 4 is 21.9 Å². The van der Waals surface area contributed by atoms with Gasteiger partial charge in [-0.2, -0.15) is 0 Å². The van der Waals surface area contributed by atoms with Crippen molar-refractivity contribution < 1.29 is 14.6 Å². The first-order chi connectivity index (χ1) is 8.16. The summed E-state index contributed by atoms with van der Waals surface area (Å²) in [6.07, 6.45) is 1.49. The van der Waals surface area contributed by atoms with E-state index in [9.17, 15) is 4.79 Å². The predicted octanol–water partition coefficient (Wildman–Crippen LogP) is 3.33. The van der Waals surface area contributed by atoms with E-state index in [1.807, 2.05) is 0 Å². The number of carboxylic acids is 1. The van der Waals surface area contributed by atoms with Gasteiger partial charge in [-0.15, -0.1) is 0 Å². The van der Waals surface area contributed by atoms with Gasteiger partial charge in [0.05, 0.1) is 0 Å². The van der Waals surface area contributed by atoms with Crippen molar-refractivity contribution in [2.75, 3.05) is 0 Å². The highest BCUT2D eigenvalue weighted by Gasteiger charge is 2.12. The van der Waals surface area contributed by atoms with Crippen LogP contribution >= 0.6 is 15.9 Å². The first-order valence-corrected chi connectivity index (χ1v) is 5.58. The van der Waals surface area contributed by atoms with Crippen LogP contribution in [0.3, 0.4) is 0 Å². The van der Waals surface area contributed by atoms with Gasteiger partial charge in [0.25, 0.3) is 0 Å². The molecule has 2 aromatic rings. The Morgan fingerprint density at radius 2 is 1.94 bits per heavy atom. The van der Waals surface area contributed by atoms with Crippen molar-refractivity contribution in [1.29, 1.82) is 0 Å². The van der Waals surface area contributed by atoms with E-state index in [2.05, 4.69) is 20.9 Å². The van der Waals surface area contributed by atoms with Crippen LogP contribution in [0.1, 0.15) is 10.4 Å². The van der Waals surface area contributed by atoms with Gasteiger partial charge in [-0.05, 0) is 36.4 Å². The van der Waals surface area contributed by atoms with Crippen molar-refractivity contribution in [3.8, 4) is 11.6 Å². The monoisotopic (exact) mass is 293 g/mol. The molecule has 1 aromatic carbocycles. The molecule has 0 unspecified atom stereocenters. The van der Waals surface area contributed by atoms with Crippen LogP contribution in [0.15, 0.2) is 47.1 Å². The van der Waals surface area contributed by atoms with Gasteiger partial charge in [-0.1, -0.05) is 15.9 Å². The van der Waals surface area contributed by atoms with Gasteiger partial charge in [0, 0.05) is 10.7 Å². The van der Waals surface area contributed by atoms with E-state index in [0.29, 0.717) is 5.75 Å². The minimum atomic E-state index is -1.06. The summed E-state index contributed by atoms with van der Waals surface area (Å²) >= 11 is 3.30. The third kappa shape index (κ3) is 2.82. The number of aromatic nitrogens is 1. The third-order valence-corrected chi connectivity index (χ3v) is 2.56. The maximum Gasteiger partial charge on any atom is 0.341 e.